The van der Waals surface area contributed by atoms with E-state index in [1.54, 1.807) is 18.4 Å². The molecule has 6 heteroatoms. The quantitative estimate of drug-likeness (QED) is 0.285. The Hall–Kier alpha value is -2.43. The second-order valence-corrected chi connectivity index (χ2v) is 8.96. The molecule has 0 spiro atoms. The molecule has 0 saturated carbocycles. The molecule has 0 N–H and O–H groups in total. The van der Waals surface area contributed by atoms with E-state index in [-0.39, 0.29) is 5.91 Å². The summed E-state index contributed by atoms with van der Waals surface area (Å²) in [6, 6.07) is 7.45. The Kier molecular flexibility index (Phi) is 8.50. The molecule has 0 aliphatic carbocycles. The number of furan rings is 1. The Balaban J connectivity index is 2.17. The van der Waals surface area contributed by atoms with E-state index in [4.69, 9.17) is 32.4 Å². The summed E-state index contributed by atoms with van der Waals surface area (Å²) >= 11 is 12.6. The normalized spacial score (nSPS) is 11.8. The van der Waals surface area contributed by atoms with Gasteiger partial charge in [-0.25, -0.2) is 0 Å². The molecule has 3 rings (SSSR count). The van der Waals surface area contributed by atoms with Crippen molar-refractivity contribution < 1.29 is 13.9 Å². The van der Waals surface area contributed by atoms with Crippen molar-refractivity contribution in [1.29, 1.82) is 0 Å². The maximum absolute atomic E-state index is 13.0. The third kappa shape index (κ3) is 5.39. The molecule has 1 heterocycles. The molecule has 1 amide bonds. The SMILES string of the molecule is CCCN(CCC)C(=O)/C=C(\C)c1cc2c(-c3ccc(Cl)cc3Cl)coc2c(C)c1OCC. The summed E-state index contributed by atoms with van der Waals surface area (Å²) in [6.07, 6.45) is 5.27. The summed E-state index contributed by atoms with van der Waals surface area (Å²) in [6.45, 7) is 12.0. The average molecular weight is 488 g/mol. The van der Waals surface area contributed by atoms with Crippen molar-refractivity contribution in [2.75, 3.05) is 19.7 Å². The lowest BCUT2D eigenvalue weighted by Crippen LogP contribution is -2.31. The summed E-state index contributed by atoms with van der Waals surface area (Å²) in [5.74, 6) is 0.747. The fourth-order valence-electron chi connectivity index (χ4n) is 4.08. The summed E-state index contributed by atoms with van der Waals surface area (Å²) in [4.78, 5) is 14.9. The van der Waals surface area contributed by atoms with Crippen LogP contribution in [0.1, 0.15) is 51.7 Å². The van der Waals surface area contributed by atoms with E-state index >= 15 is 0 Å². The van der Waals surface area contributed by atoms with E-state index < -0.39 is 0 Å². The average Bonchev–Trinajstić information content (AvgIpc) is 3.19. The Morgan fingerprint density at radius 2 is 1.79 bits per heavy atom. The zero-order chi connectivity index (χ0) is 24.1. The fourth-order valence-corrected chi connectivity index (χ4v) is 4.59. The van der Waals surface area contributed by atoms with Crippen LogP contribution in [0.5, 0.6) is 5.75 Å². The molecule has 3 aromatic rings. The number of hydrogen-bond acceptors (Lipinski definition) is 3. The number of halogens is 2. The highest BCUT2D eigenvalue weighted by Crippen LogP contribution is 2.42. The molecule has 2 aromatic carbocycles. The van der Waals surface area contributed by atoms with E-state index in [9.17, 15) is 4.79 Å². The zero-order valence-corrected chi connectivity index (χ0v) is 21.4. The highest BCUT2D eigenvalue weighted by molar-refractivity contribution is 6.36. The van der Waals surface area contributed by atoms with Gasteiger partial charge >= 0.3 is 0 Å². The standard InChI is InChI=1S/C27H31Cl2NO3/c1-6-11-30(12-7-2)25(31)13-17(4)21-15-22-23(20-10-9-19(28)14-24(20)29)16-33-27(22)18(5)26(21)32-8-3/h9-10,13-16H,6-8,11-12H2,1-5H3/b17-13+. The Labute approximate surface area is 206 Å². The molecule has 33 heavy (non-hydrogen) atoms. The molecule has 0 fully saturated rings. The molecule has 0 radical (unpaired) electrons. The van der Waals surface area contributed by atoms with Crippen LogP contribution in [0.2, 0.25) is 10.0 Å². The summed E-state index contributed by atoms with van der Waals surface area (Å²) in [5, 5.41) is 2.04. The van der Waals surface area contributed by atoms with Crippen molar-refractivity contribution in [3.8, 4) is 16.9 Å². The van der Waals surface area contributed by atoms with Crippen LogP contribution in [0.3, 0.4) is 0 Å². The van der Waals surface area contributed by atoms with Crippen molar-refractivity contribution in [2.45, 2.75) is 47.5 Å². The van der Waals surface area contributed by atoms with Crippen molar-refractivity contribution >= 4 is 45.7 Å². The van der Waals surface area contributed by atoms with Crippen LogP contribution in [0.25, 0.3) is 27.7 Å². The van der Waals surface area contributed by atoms with Gasteiger partial charge in [-0.1, -0.05) is 43.1 Å². The molecule has 0 unspecified atom stereocenters. The van der Waals surface area contributed by atoms with Crippen LogP contribution in [0.4, 0.5) is 0 Å². The Morgan fingerprint density at radius 1 is 1.09 bits per heavy atom. The molecule has 0 bridgehead atoms. The van der Waals surface area contributed by atoms with Crippen molar-refractivity contribution in [3.05, 3.63) is 57.8 Å². The minimum Gasteiger partial charge on any atom is -0.493 e. The van der Waals surface area contributed by atoms with Crippen LogP contribution in [0, 0.1) is 6.92 Å². The maximum Gasteiger partial charge on any atom is 0.246 e. The largest absolute Gasteiger partial charge is 0.493 e. The minimum atomic E-state index is 0.0181. The van der Waals surface area contributed by atoms with E-state index in [1.165, 1.54) is 0 Å². The molecule has 176 valence electrons. The first kappa shape index (κ1) is 25.2. The van der Waals surface area contributed by atoms with Gasteiger partial charge in [-0.2, -0.15) is 0 Å². The Bertz CT molecular complexity index is 1170. The van der Waals surface area contributed by atoms with Gasteiger partial charge in [0.25, 0.3) is 0 Å². The number of benzene rings is 2. The molecule has 0 aliphatic heterocycles. The third-order valence-corrected chi connectivity index (χ3v) is 6.17. The number of allylic oxidation sites excluding steroid dienone is 1. The van der Waals surface area contributed by atoms with Gasteiger partial charge in [0.2, 0.25) is 5.91 Å². The monoisotopic (exact) mass is 487 g/mol. The first-order chi connectivity index (χ1) is 15.8. The highest BCUT2D eigenvalue weighted by atomic mass is 35.5. The van der Waals surface area contributed by atoms with Gasteiger partial charge in [0.1, 0.15) is 11.3 Å². The number of aryl methyl sites for hydroxylation is 1. The van der Waals surface area contributed by atoms with Crippen LogP contribution >= 0.6 is 23.2 Å². The smallest absolute Gasteiger partial charge is 0.246 e. The number of amides is 1. The number of rotatable bonds is 9. The molecule has 4 nitrogen and oxygen atoms in total. The van der Waals surface area contributed by atoms with Gasteiger partial charge in [-0.15, -0.1) is 0 Å². The molecule has 0 atom stereocenters. The van der Waals surface area contributed by atoms with Crippen LogP contribution in [-0.2, 0) is 4.79 Å². The van der Waals surface area contributed by atoms with E-state index in [0.717, 1.165) is 70.5 Å². The van der Waals surface area contributed by atoms with Gasteiger partial charge in [0, 0.05) is 51.8 Å². The fraction of sp³-hybridized carbons (Fsp3) is 0.370. The van der Waals surface area contributed by atoms with Crippen molar-refractivity contribution in [2.24, 2.45) is 0 Å². The topological polar surface area (TPSA) is 42.7 Å². The molecular weight excluding hydrogens is 457 g/mol. The number of nitrogens with zero attached hydrogens (tertiary/aromatic N) is 1. The number of hydrogen-bond donors (Lipinski definition) is 0. The van der Waals surface area contributed by atoms with Gasteiger partial charge < -0.3 is 14.1 Å². The summed E-state index contributed by atoms with van der Waals surface area (Å²) in [5.41, 5.74) is 5.05. The second kappa shape index (κ2) is 11.1. The number of fused-ring (bicyclic) bond motifs is 1. The first-order valence-electron chi connectivity index (χ1n) is 11.4. The number of carbonyl (C=O) groups is 1. The first-order valence-corrected chi connectivity index (χ1v) is 12.2. The second-order valence-electron chi connectivity index (χ2n) is 8.11. The molecule has 0 aliphatic rings. The van der Waals surface area contributed by atoms with E-state index in [0.29, 0.717) is 16.7 Å². The highest BCUT2D eigenvalue weighted by Gasteiger charge is 2.21. The molecule has 1 aromatic heterocycles. The zero-order valence-electron chi connectivity index (χ0n) is 19.9. The minimum absolute atomic E-state index is 0.0181. The van der Waals surface area contributed by atoms with Crippen molar-refractivity contribution in [3.63, 3.8) is 0 Å². The summed E-state index contributed by atoms with van der Waals surface area (Å²) < 4.78 is 12.0. The molecule has 0 saturated heterocycles. The van der Waals surface area contributed by atoms with E-state index in [2.05, 4.69) is 13.8 Å². The predicted octanol–water partition coefficient (Wildman–Crippen LogP) is 8.17. The van der Waals surface area contributed by atoms with Gasteiger partial charge in [-0.3, -0.25) is 4.79 Å². The van der Waals surface area contributed by atoms with Crippen LogP contribution < -0.4 is 4.74 Å². The van der Waals surface area contributed by atoms with Gasteiger partial charge in [0.05, 0.1) is 17.9 Å². The predicted molar refractivity (Wildman–Crippen MR) is 138 cm³/mol. The van der Waals surface area contributed by atoms with Gasteiger partial charge in [0.15, 0.2) is 0 Å². The van der Waals surface area contributed by atoms with Crippen LogP contribution in [0.15, 0.2) is 41.0 Å². The van der Waals surface area contributed by atoms with Gasteiger partial charge in [-0.05, 0) is 57.4 Å². The lowest BCUT2D eigenvalue weighted by Gasteiger charge is -2.20. The number of carbonyl (C=O) groups excluding carboxylic acids is 1. The number of ether oxygens (including phenoxy) is 1. The van der Waals surface area contributed by atoms with Crippen LogP contribution in [-0.4, -0.2) is 30.5 Å². The maximum atomic E-state index is 13.0. The lowest BCUT2D eigenvalue weighted by molar-refractivity contribution is -0.126. The third-order valence-electron chi connectivity index (χ3n) is 5.62. The van der Waals surface area contributed by atoms with Crippen molar-refractivity contribution in [1.82, 2.24) is 4.90 Å². The molecular formula is C27H31Cl2NO3. The summed E-state index contributed by atoms with van der Waals surface area (Å²) in [7, 11) is 0. The van der Waals surface area contributed by atoms with E-state index in [1.807, 2.05) is 43.9 Å². The Morgan fingerprint density at radius 3 is 2.39 bits per heavy atom. The lowest BCUT2D eigenvalue weighted by atomic mass is 9.96.